The summed E-state index contributed by atoms with van der Waals surface area (Å²) in [4.78, 5) is 2.38. The molecule has 2 rings (SSSR count). The van der Waals surface area contributed by atoms with Crippen LogP contribution in [-0.4, -0.2) is 13.1 Å². The summed E-state index contributed by atoms with van der Waals surface area (Å²) in [6.45, 7) is 4.56. The molecule has 1 aromatic rings. The molecule has 0 N–H and O–H groups in total. The van der Waals surface area contributed by atoms with Crippen molar-refractivity contribution >= 4 is 33.2 Å². The Balaban J connectivity index is 2.21. The third kappa shape index (κ3) is 2.48. The van der Waals surface area contributed by atoms with Gasteiger partial charge < -0.3 is 4.90 Å². The molecule has 1 fully saturated rings. The molecule has 1 heterocycles. The van der Waals surface area contributed by atoms with Crippen molar-refractivity contribution in [3.63, 3.8) is 0 Å². The van der Waals surface area contributed by atoms with E-state index < -0.39 is 0 Å². The normalized spacial score (nSPS) is 21.0. The summed E-state index contributed by atoms with van der Waals surface area (Å²) in [7, 11) is 0. The molecule has 3 heteroatoms. The molecule has 1 aliphatic rings. The SMILES string of the molecule is CC1CCN(c2ccc(CBr)cc2Cl)C1. The number of hydrogen-bond donors (Lipinski definition) is 0. The molecule has 0 amide bonds. The lowest BCUT2D eigenvalue weighted by Crippen LogP contribution is -2.19. The Morgan fingerprint density at radius 2 is 2.33 bits per heavy atom. The highest BCUT2D eigenvalue weighted by Gasteiger charge is 2.20. The van der Waals surface area contributed by atoms with E-state index in [4.69, 9.17) is 11.6 Å². The molecule has 0 bridgehead atoms. The zero-order valence-electron chi connectivity index (χ0n) is 8.84. The fourth-order valence-electron chi connectivity index (χ4n) is 2.04. The minimum absolute atomic E-state index is 0.789. The smallest absolute Gasteiger partial charge is 0.0642 e. The monoisotopic (exact) mass is 287 g/mol. The van der Waals surface area contributed by atoms with Gasteiger partial charge in [0.25, 0.3) is 0 Å². The first kappa shape index (κ1) is 11.3. The Labute approximate surface area is 105 Å². The van der Waals surface area contributed by atoms with E-state index in [0.717, 1.165) is 29.4 Å². The minimum Gasteiger partial charge on any atom is -0.370 e. The lowest BCUT2D eigenvalue weighted by atomic mass is 10.2. The molecule has 1 aromatic carbocycles. The maximum absolute atomic E-state index is 6.27. The topological polar surface area (TPSA) is 3.24 Å². The number of hydrogen-bond acceptors (Lipinski definition) is 1. The molecule has 1 aliphatic heterocycles. The first-order valence-corrected chi connectivity index (χ1v) is 6.80. The Bertz CT molecular complexity index is 353. The molecule has 0 spiro atoms. The van der Waals surface area contributed by atoms with Crippen molar-refractivity contribution < 1.29 is 0 Å². The van der Waals surface area contributed by atoms with Gasteiger partial charge in [0.1, 0.15) is 0 Å². The van der Waals surface area contributed by atoms with Crippen LogP contribution >= 0.6 is 27.5 Å². The quantitative estimate of drug-likeness (QED) is 0.741. The number of nitrogens with zero attached hydrogens (tertiary/aromatic N) is 1. The van der Waals surface area contributed by atoms with Crippen LogP contribution in [-0.2, 0) is 5.33 Å². The largest absolute Gasteiger partial charge is 0.370 e. The summed E-state index contributed by atoms with van der Waals surface area (Å²) in [5.74, 6) is 0.789. The van der Waals surface area contributed by atoms with Crippen LogP contribution in [0.1, 0.15) is 18.9 Å². The van der Waals surface area contributed by atoms with E-state index in [1.54, 1.807) is 0 Å². The number of halogens is 2. The molecule has 1 saturated heterocycles. The lowest BCUT2D eigenvalue weighted by Gasteiger charge is -2.20. The van der Waals surface area contributed by atoms with Crippen molar-refractivity contribution in [1.82, 2.24) is 0 Å². The van der Waals surface area contributed by atoms with Gasteiger partial charge in [-0.15, -0.1) is 0 Å². The summed E-state index contributed by atoms with van der Waals surface area (Å²) < 4.78 is 0. The van der Waals surface area contributed by atoms with Crippen molar-refractivity contribution in [3.8, 4) is 0 Å². The first-order chi connectivity index (χ1) is 7.20. The summed E-state index contributed by atoms with van der Waals surface area (Å²) in [6.07, 6.45) is 1.27. The Hall–Kier alpha value is -0.210. The van der Waals surface area contributed by atoms with Crippen LogP contribution < -0.4 is 4.90 Å². The molecule has 15 heavy (non-hydrogen) atoms. The van der Waals surface area contributed by atoms with E-state index in [0.29, 0.717) is 0 Å². The van der Waals surface area contributed by atoms with E-state index in [1.807, 2.05) is 0 Å². The van der Waals surface area contributed by atoms with Crippen molar-refractivity contribution in [2.45, 2.75) is 18.7 Å². The summed E-state index contributed by atoms with van der Waals surface area (Å²) in [6, 6.07) is 6.32. The average Bonchev–Trinajstić information content (AvgIpc) is 2.64. The van der Waals surface area contributed by atoms with Gasteiger partial charge >= 0.3 is 0 Å². The molecule has 0 aromatic heterocycles. The Morgan fingerprint density at radius 3 is 2.87 bits per heavy atom. The highest BCUT2D eigenvalue weighted by molar-refractivity contribution is 9.08. The minimum atomic E-state index is 0.789. The van der Waals surface area contributed by atoms with Gasteiger partial charge in [-0.05, 0) is 30.0 Å². The fraction of sp³-hybridized carbons (Fsp3) is 0.500. The third-order valence-electron chi connectivity index (χ3n) is 2.93. The van der Waals surface area contributed by atoms with E-state index in [-0.39, 0.29) is 0 Å². The van der Waals surface area contributed by atoms with E-state index in [1.165, 1.54) is 17.7 Å². The van der Waals surface area contributed by atoms with Crippen molar-refractivity contribution in [2.75, 3.05) is 18.0 Å². The second-order valence-corrected chi connectivity index (χ2v) is 5.23. The number of rotatable bonds is 2. The highest BCUT2D eigenvalue weighted by Crippen LogP contribution is 2.31. The Kier molecular flexibility index (Phi) is 3.57. The predicted molar refractivity (Wildman–Crippen MR) is 70.1 cm³/mol. The number of benzene rings is 1. The fourth-order valence-corrected chi connectivity index (χ4v) is 2.72. The molecule has 1 unspecified atom stereocenters. The number of alkyl halides is 1. The van der Waals surface area contributed by atoms with Gasteiger partial charge in [0.2, 0.25) is 0 Å². The highest BCUT2D eigenvalue weighted by atomic mass is 79.9. The van der Waals surface area contributed by atoms with Crippen LogP contribution in [0.25, 0.3) is 0 Å². The van der Waals surface area contributed by atoms with E-state index >= 15 is 0 Å². The van der Waals surface area contributed by atoms with Gasteiger partial charge in [-0.1, -0.05) is 40.5 Å². The van der Waals surface area contributed by atoms with Gasteiger partial charge in [0, 0.05) is 18.4 Å². The molecule has 1 atom stereocenters. The van der Waals surface area contributed by atoms with Crippen LogP contribution in [0.2, 0.25) is 5.02 Å². The summed E-state index contributed by atoms with van der Waals surface area (Å²) in [5.41, 5.74) is 2.42. The van der Waals surface area contributed by atoms with Crippen LogP contribution in [0, 0.1) is 5.92 Å². The summed E-state index contributed by atoms with van der Waals surface area (Å²) >= 11 is 9.71. The van der Waals surface area contributed by atoms with Gasteiger partial charge in [0.15, 0.2) is 0 Å². The van der Waals surface area contributed by atoms with Gasteiger partial charge in [0.05, 0.1) is 10.7 Å². The molecule has 82 valence electrons. The average molecular weight is 289 g/mol. The zero-order chi connectivity index (χ0) is 10.8. The molecule has 0 aliphatic carbocycles. The zero-order valence-corrected chi connectivity index (χ0v) is 11.2. The van der Waals surface area contributed by atoms with Crippen LogP contribution in [0.3, 0.4) is 0 Å². The van der Waals surface area contributed by atoms with E-state index in [2.05, 4.69) is 46.0 Å². The molecular formula is C12H15BrClN. The van der Waals surface area contributed by atoms with Crippen molar-refractivity contribution in [2.24, 2.45) is 5.92 Å². The summed E-state index contributed by atoms with van der Waals surface area (Å²) in [5, 5.41) is 1.74. The Morgan fingerprint density at radius 1 is 1.53 bits per heavy atom. The maximum Gasteiger partial charge on any atom is 0.0642 e. The van der Waals surface area contributed by atoms with Crippen LogP contribution in [0.5, 0.6) is 0 Å². The van der Waals surface area contributed by atoms with Gasteiger partial charge in [-0.25, -0.2) is 0 Å². The number of anilines is 1. The van der Waals surface area contributed by atoms with Crippen molar-refractivity contribution in [1.29, 1.82) is 0 Å². The maximum atomic E-state index is 6.27. The third-order valence-corrected chi connectivity index (χ3v) is 3.88. The predicted octanol–water partition coefficient (Wildman–Crippen LogP) is 4.08. The first-order valence-electron chi connectivity index (χ1n) is 5.30. The molecule has 1 nitrogen and oxygen atoms in total. The standard InChI is InChI=1S/C12H15BrClN/c1-9-4-5-15(8-9)12-3-2-10(7-13)6-11(12)14/h2-3,6,9H,4-5,7-8H2,1H3. The van der Waals surface area contributed by atoms with Crippen molar-refractivity contribution in [3.05, 3.63) is 28.8 Å². The van der Waals surface area contributed by atoms with Gasteiger partial charge in [-0.3, -0.25) is 0 Å². The van der Waals surface area contributed by atoms with Crippen LogP contribution in [0.4, 0.5) is 5.69 Å². The molecule has 0 saturated carbocycles. The van der Waals surface area contributed by atoms with Crippen LogP contribution in [0.15, 0.2) is 18.2 Å². The molecular weight excluding hydrogens is 273 g/mol. The van der Waals surface area contributed by atoms with E-state index in [9.17, 15) is 0 Å². The second kappa shape index (κ2) is 4.75. The lowest BCUT2D eigenvalue weighted by molar-refractivity contribution is 0.659. The van der Waals surface area contributed by atoms with Gasteiger partial charge in [-0.2, -0.15) is 0 Å². The molecule has 0 radical (unpaired) electrons. The second-order valence-electron chi connectivity index (χ2n) is 4.26.